The van der Waals surface area contributed by atoms with E-state index in [2.05, 4.69) is 10.2 Å². The highest BCUT2D eigenvalue weighted by molar-refractivity contribution is 5.94. The molecule has 0 spiro atoms. The zero-order chi connectivity index (χ0) is 16.2. The Labute approximate surface area is 135 Å². The average molecular weight is 315 g/mol. The third-order valence-corrected chi connectivity index (χ3v) is 4.16. The number of aryl methyl sites for hydroxylation is 1. The predicted octanol–water partition coefficient (Wildman–Crippen LogP) is 3.14. The molecular weight excluding hydrogens is 294 g/mol. The Hall–Kier alpha value is -2.37. The first-order chi connectivity index (χ1) is 11.2. The maximum atomic E-state index is 13.0. The van der Waals surface area contributed by atoms with Crippen LogP contribution in [0.15, 0.2) is 28.7 Å². The quantitative estimate of drug-likeness (QED) is 0.870. The van der Waals surface area contributed by atoms with Crippen molar-refractivity contribution in [1.29, 1.82) is 0 Å². The number of carbonyl (C=O) groups excluding carboxylic acids is 1. The summed E-state index contributed by atoms with van der Waals surface area (Å²) in [5, 5.41) is 8.05. The van der Waals surface area contributed by atoms with E-state index < -0.39 is 0 Å². The van der Waals surface area contributed by atoms with Crippen molar-refractivity contribution in [3.8, 4) is 5.75 Å². The smallest absolute Gasteiger partial charge is 0.254 e. The van der Waals surface area contributed by atoms with E-state index in [0.717, 1.165) is 25.7 Å². The number of aromatic nitrogens is 2. The number of hydrogen-bond acceptors (Lipinski definition) is 5. The Bertz CT molecular complexity index is 683. The van der Waals surface area contributed by atoms with E-state index in [1.54, 1.807) is 20.1 Å². The van der Waals surface area contributed by atoms with Gasteiger partial charge in [-0.25, -0.2) is 0 Å². The van der Waals surface area contributed by atoms with Gasteiger partial charge < -0.3 is 14.1 Å². The molecule has 6 heteroatoms. The second kappa shape index (κ2) is 6.81. The van der Waals surface area contributed by atoms with E-state index in [4.69, 9.17) is 9.15 Å². The highest BCUT2D eigenvalue weighted by Gasteiger charge is 2.31. The largest absolute Gasteiger partial charge is 0.497 e. The molecule has 0 aliphatic carbocycles. The normalized spacial score (nSPS) is 18.5. The number of nitrogens with zero attached hydrogens (tertiary/aromatic N) is 3. The lowest BCUT2D eigenvalue weighted by Crippen LogP contribution is -2.35. The number of amides is 1. The molecule has 0 N–H and O–H groups in total. The van der Waals surface area contributed by atoms with E-state index in [1.165, 1.54) is 0 Å². The molecule has 122 valence electrons. The number of carbonyl (C=O) groups is 1. The Morgan fingerprint density at radius 1 is 1.30 bits per heavy atom. The van der Waals surface area contributed by atoms with Crippen LogP contribution >= 0.6 is 0 Å². The maximum absolute atomic E-state index is 13.0. The van der Waals surface area contributed by atoms with Crippen LogP contribution in [0.2, 0.25) is 0 Å². The molecule has 1 atom stereocenters. The third kappa shape index (κ3) is 3.36. The van der Waals surface area contributed by atoms with E-state index >= 15 is 0 Å². The van der Waals surface area contributed by atoms with Crippen LogP contribution in [-0.2, 0) is 0 Å². The molecule has 23 heavy (non-hydrogen) atoms. The molecule has 6 nitrogen and oxygen atoms in total. The standard InChI is InChI=1S/C17H21N3O3/c1-12-18-19-16(23-12)15-9-4-3-5-10-20(15)17(21)13-7-6-8-14(11-13)22-2/h6-8,11,15H,3-5,9-10H2,1-2H3. The zero-order valence-electron chi connectivity index (χ0n) is 13.5. The van der Waals surface area contributed by atoms with E-state index in [9.17, 15) is 4.79 Å². The van der Waals surface area contributed by atoms with Gasteiger partial charge in [-0.05, 0) is 31.0 Å². The lowest BCUT2D eigenvalue weighted by atomic mass is 10.1. The minimum Gasteiger partial charge on any atom is -0.497 e. The fourth-order valence-corrected chi connectivity index (χ4v) is 2.98. The van der Waals surface area contributed by atoms with Crippen LogP contribution < -0.4 is 4.74 Å². The predicted molar refractivity (Wildman–Crippen MR) is 84.3 cm³/mol. The lowest BCUT2D eigenvalue weighted by Gasteiger charge is -2.27. The number of methoxy groups -OCH3 is 1. The topological polar surface area (TPSA) is 68.5 Å². The molecule has 1 saturated heterocycles. The van der Waals surface area contributed by atoms with Gasteiger partial charge in [0.15, 0.2) is 0 Å². The van der Waals surface area contributed by atoms with Crippen LogP contribution in [0.4, 0.5) is 0 Å². The molecule has 0 radical (unpaired) electrons. The molecule has 1 amide bonds. The minimum atomic E-state index is -0.155. The summed E-state index contributed by atoms with van der Waals surface area (Å²) >= 11 is 0. The fourth-order valence-electron chi connectivity index (χ4n) is 2.98. The number of rotatable bonds is 3. The monoisotopic (exact) mass is 315 g/mol. The minimum absolute atomic E-state index is 0.0216. The summed E-state index contributed by atoms with van der Waals surface area (Å²) in [7, 11) is 1.60. The molecule has 1 unspecified atom stereocenters. The number of likely N-dealkylation sites (tertiary alicyclic amines) is 1. The number of hydrogen-bond donors (Lipinski definition) is 0. The van der Waals surface area contributed by atoms with Gasteiger partial charge in [0, 0.05) is 19.0 Å². The highest BCUT2D eigenvalue weighted by atomic mass is 16.5. The Kier molecular flexibility index (Phi) is 4.60. The second-order valence-corrected chi connectivity index (χ2v) is 5.75. The van der Waals surface area contributed by atoms with Gasteiger partial charge in [-0.3, -0.25) is 4.79 Å². The van der Waals surface area contributed by atoms with Crippen LogP contribution in [0.25, 0.3) is 0 Å². The molecule has 3 rings (SSSR count). The van der Waals surface area contributed by atoms with Gasteiger partial charge in [-0.2, -0.15) is 0 Å². The van der Waals surface area contributed by atoms with Gasteiger partial charge >= 0.3 is 0 Å². The Balaban J connectivity index is 1.90. The van der Waals surface area contributed by atoms with Crippen molar-refractivity contribution in [2.24, 2.45) is 0 Å². The summed E-state index contributed by atoms with van der Waals surface area (Å²) in [6.07, 6.45) is 3.98. The van der Waals surface area contributed by atoms with E-state index in [1.807, 2.05) is 23.1 Å². The van der Waals surface area contributed by atoms with Crippen LogP contribution in [-0.4, -0.2) is 34.7 Å². The number of ether oxygens (including phenoxy) is 1. The zero-order valence-corrected chi connectivity index (χ0v) is 13.5. The van der Waals surface area contributed by atoms with Gasteiger partial charge in [-0.15, -0.1) is 10.2 Å². The first kappa shape index (κ1) is 15.5. The summed E-state index contributed by atoms with van der Waals surface area (Å²) in [6, 6.07) is 7.08. The molecular formula is C17H21N3O3. The Morgan fingerprint density at radius 3 is 2.91 bits per heavy atom. The van der Waals surface area contributed by atoms with Crippen molar-refractivity contribution in [2.75, 3.05) is 13.7 Å². The molecule has 1 aliphatic heterocycles. The average Bonchev–Trinajstić information content (AvgIpc) is 2.86. The summed E-state index contributed by atoms with van der Waals surface area (Å²) < 4.78 is 10.8. The molecule has 1 fully saturated rings. The van der Waals surface area contributed by atoms with Crippen LogP contribution in [0.3, 0.4) is 0 Å². The SMILES string of the molecule is COc1cccc(C(=O)N2CCCCCC2c2nnc(C)o2)c1. The lowest BCUT2D eigenvalue weighted by molar-refractivity contribution is 0.0650. The van der Waals surface area contributed by atoms with Gasteiger partial charge in [0.05, 0.1) is 7.11 Å². The van der Waals surface area contributed by atoms with Crippen LogP contribution in [0.5, 0.6) is 5.75 Å². The van der Waals surface area contributed by atoms with Crippen LogP contribution in [0.1, 0.15) is 53.9 Å². The molecule has 0 bridgehead atoms. The molecule has 2 heterocycles. The molecule has 1 aromatic carbocycles. The molecule has 1 aliphatic rings. The highest BCUT2D eigenvalue weighted by Crippen LogP contribution is 2.31. The first-order valence-corrected chi connectivity index (χ1v) is 7.94. The van der Waals surface area contributed by atoms with Crippen LogP contribution in [0, 0.1) is 6.92 Å². The molecule has 2 aromatic rings. The first-order valence-electron chi connectivity index (χ1n) is 7.94. The van der Waals surface area contributed by atoms with Gasteiger partial charge in [-0.1, -0.05) is 18.9 Å². The van der Waals surface area contributed by atoms with Gasteiger partial charge in [0.25, 0.3) is 5.91 Å². The Morgan fingerprint density at radius 2 is 2.17 bits per heavy atom. The second-order valence-electron chi connectivity index (χ2n) is 5.75. The van der Waals surface area contributed by atoms with Crippen molar-refractivity contribution in [3.05, 3.63) is 41.6 Å². The van der Waals surface area contributed by atoms with Crippen molar-refractivity contribution >= 4 is 5.91 Å². The number of benzene rings is 1. The summed E-state index contributed by atoms with van der Waals surface area (Å²) in [5.74, 6) is 1.71. The summed E-state index contributed by atoms with van der Waals surface area (Å²) in [5.41, 5.74) is 0.618. The van der Waals surface area contributed by atoms with E-state index in [0.29, 0.717) is 29.6 Å². The summed E-state index contributed by atoms with van der Waals surface area (Å²) in [6.45, 7) is 2.46. The van der Waals surface area contributed by atoms with Crippen molar-refractivity contribution in [1.82, 2.24) is 15.1 Å². The molecule has 0 saturated carbocycles. The van der Waals surface area contributed by atoms with Crippen molar-refractivity contribution in [2.45, 2.75) is 38.6 Å². The van der Waals surface area contributed by atoms with Gasteiger partial charge in [0.2, 0.25) is 11.8 Å². The van der Waals surface area contributed by atoms with E-state index in [-0.39, 0.29) is 11.9 Å². The third-order valence-electron chi connectivity index (χ3n) is 4.16. The molecule has 1 aromatic heterocycles. The van der Waals surface area contributed by atoms with Crippen molar-refractivity contribution < 1.29 is 13.9 Å². The fraction of sp³-hybridized carbons (Fsp3) is 0.471. The summed E-state index contributed by atoms with van der Waals surface area (Å²) in [4.78, 5) is 14.8. The van der Waals surface area contributed by atoms with Gasteiger partial charge in [0.1, 0.15) is 11.8 Å². The van der Waals surface area contributed by atoms with Crippen molar-refractivity contribution in [3.63, 3.8) is 0 Å². The maximum Gasteiger partial charge on any atom is 0.254 e.